The molecule has 2 aromatic heterocycles. The molecule has 1 aromatic carbocycles. The number of carbonyl (C=O) groups is 1. The van der Waals surface area contributed by atoms with Crippen LogP contribution < -0.4 is 15.6 Å². The average Bonchev–Trinajstić information content (AvgIpc) is 3.56. The van der Waals surface area contributed by atoms with Crippen LogP contribution in [0.1, 0.15) is 30.1 Å². The topological polar surface area (TPSA) is 128 Å². The molecule has 1 unspecified atom stereocenters. The van der Waals surface area contributed by atoms with Crippen molar-refractivity contribution < 1.29 is 13.2 Å². The van der Waals surface area contributed by atoms with Gasteiger partial charge in [0.2, 0.25) is 10.0 Å². The van der Waals surface area contributed by atoms with Gasteiger partial charge in [0, 0.05) is 36.3 Å². The third-order valence-electron chi connectivity index (χ3n) is 5.24. The summed E-state index contributed by atoms with van der Waals surface area (Å²) in [5.74, 6) is -0.248. The maximum absolute atomic E-state index is 13.2. The number of aromatic nitrogens is 4. The van der Waals surface area contributed by atoms with E-state index < -0.39 is 27.5 Å². The molecule has 2 N–H and O–H groups in total. The summed E-state index contributed by atoms with van der Waals surface area (Å²) in [4.78, 5) is 26.2. The molecular formula is C21H23ClN6O4S. The van der Waals surface area contributed by atoms with Crippen molar-refractivity contribution in [2.75, 3.05) is 6.54 Å². The summed E-state index contributed by atoms with van der Waals surface area (Å²) < 4.78 is 29.2. The normalized spacial score (nSPS) is 14.8. The zero-order chi connectivity index (χ0) is 23.8. The lowest BCUT2D eigenvalue weighted by Gasteiger charge is -2.16. The van der Waals surface area contributed by atoms with Crippen molar-refractivity contribution in [3.8, 4) is 17.1 Å². The summed E-state index contributed by atoms with van der Waals surface area (Å²) in [6, 6.07) is 9.32. The third-order valence-corrected chi connectivity index (χ3v) is 7.41. The maximum Gasteiger partial charge on any atom is 0.285 e. The van der Waals surface area contributed by atoms with Gasteiger partial charge < -0.3 is 5.32 Å². The van der Waals surface area contributed by atoms with E-state index in [2.05, 4.69) is 20.2 Å². The summed E-state index contributed by atoms with van der Waals surface area (Å²) in [6.07, 6.45) is 2.81. The van der Waals surface area contributed by atoms with Crippen molar-refractivity contribution in [1.29, 1.82) is 0 Å². The number of carbonyl (C=O) groups excluding carboxylic acids is 1. The molecule has 0 radical (unpaired) electrons. The lowest BCUT2D eigenvalue weighted by Crippen LogP contribution is -2.44. The Morgan fingerprint density at radius 3 is 2.55 bits per heavy atom. The van der Waals surface area contributed by atoms with E-state index in [1.165, 1.54) is 16.9 Å². The molecule has 10 nitrogen and oxygen atoms in total. The minimum atomic E-state index is -3.38. The van der Waals surface area contributed by atoms with Crippen LogP contribution in [0.4, 0.5) is 0 Å². The number of amides is 1. The van der Waals surface area contributed by atoms with Crippen LogP contribution in [-0.4, -0.2) is 51.7 Å². The number of hydrogen-bond donors (Lipinski definition) is 2. The van der Waals surface area contributed by atoms with Gasteiger partial charge in [-0.1, -0.05) is 23.7 Å². The first kappa shape index (κ1) is 23.1. The van der Waals surface area contributed by atoms with Crippen molar-refractivity contribution >= 4 is 27.5 Å². The predicted molar refractivity (Wildman–Crippen MR) is 124 cm³/mol. The number of sulfonamides is 1. The van der Waals surface area contributed by atoms with Crippen molar-refractivity contribution in [3.63, 3.8) is 0 Å². The van der Waals surface area contributed by atoms with E-state index in [1.54, 1.807) is 44.3 Å². The van der Waals surface area contributed by atoms with Crippen LogP contribution >= 0.6 is 11.6 Å². The fourth-order valence-corrected chi connectivity index (χ4v) is 4.84. The Bertz CT molecular complexity index is 1350. The molecule has 1 aliphatic rings. The smallest absolute Gasteiger partial charge is 0.285 e. The molecule has 174 valence electrons. The van der Waals surface area contributed by atoms with Crippen molar-refractivity contribution in [3.05, 3.63) is 63.5 Å². The molecule has 1 atom stereocenters. The quantitative estimate of drug-likeness (QED) is 0.492. The molecule has 1 saturated carbocycles. The first-order valence-electron chi connectivity index (χ1n) is 10.3. The van der Waals surface area contributed by atoms with Gasteiger partial charge in [-0.05, 0) is 38.0 Å². The monoisotopic (exact) mass is 490 g/mol. The predicted octanol–water partition coefficient (Wildman–Crippen LogP) is 1.49. The highest BCUT2D eigenvalue weighted by Crippen LogP contribution is 2.27. The molecule has 0 aliphatic heterocycles. The van der Waals surface area contributed by atoms with Crippen LogP contribution in [0.15, 0.2) is 47.4 Å². The van der Waals surface area contributed by atoms with Crippen LogP contribution in [0, 0.1) is 0 Å². The van der Waals surface area contributed by atoms with Gasteiger partial charge in [0.25, 0.3) is 11.5 Å². The fraction of sp³-hybridized carbons (Fsp3) is 0.333. The second-order valence-electron chi connectivity index (χ2n) is 7.95. The highest BCUT2D eigenvalue weighted by atomic mass is 35.5. The number of nitrogens with zero attached hydrogens (tertiary/aromatic N) is 4. The largest absolute Gasteiger partial charge is 0.348 e. The summed E-state index contributed by atoms with van der Waals surface area (Å²) >= 11 is 5.98. The van der Waals surface area contributed by atoms with E-state index in [4.69, 9.17) is 11.6 Å². The second-order valence-corrected chi connectivity index (χ2v) is 10.4. The molecule has 0 bridgehead atoms. The van der Waals surface area contributed by atoms with Gasteiger partial charge in [-0.3, -0.25) is 14.3 Å². The average molecular weight is 491 g/mol. The Hall–Kier alpha value is -3.02. The number of nitrogens with one attached hydrogen (secondary N) is 2. The van der Waals surface area contributed by atoms with Gasteiger partial charge in [-0.2, -0.15) is 14.9 Å². The van der Waals surface area contributed by atoms with Gasteiger partial charge in [-0.15, -0.1) is 0 Å². The summed E-state index contributed by atoms with van der Waals surface area (Å²) in [7, 11) is -1.72. The van der Waals surface area contributed by atoms with Crippen LogP contribution in [-0.2, 0) is 17.1 Å². The molecule has 1 fully saturated rings. The molecule has 2 heterocycles. The zero-order valence-electron chi connectivity index (χ0n) is 18.0. The number of benzene rings is 1. The van der Waals surface area contributed by atoms with Crippen LogP contribution in [0.2, 0.25) is 5.02 Å². The molecule has 1 aliphatic carbocycles. The second kappa shape index (κ2) is 9.08. The Kier molecular flexibility index (Phi) is 6.37. The number of halogens is 1. The molecule has 4 rings (SSSR count). The molecule has 1 amide bonds. The molecule has 33 heavy (non-hydrogen) atoms. The first-order chi connectivity index (χ1) is 15.7. The number of hydrogen-bond acceptors (Lipinski definition) is 6. The van der Waals surface area contributed by atoms with Gasteiger partial charge in [0.1, 0.15) is 5.56 Å². The minimum absolute atomic E-state index is 0.0234. The highest BCUT2D eigenvalue weighted by molar-refractivity contribution is 7.90. The number of aryl methyl sites for hydroxylation is 1. The summed E-state index contributed by atoms with van der Waals surface area (Å²) in [5, 5.41) is 11.4. The Morgan fingerprint density at radius 1 is 1.24 bits per heavy atom. The lowest BCUT2D eigenvalue weighted by molar-refractivity contribution is 0.0938. The van der Waals surface area contributed by atoms with Gasteiger partial charge in [-0.25, -0.2) is 13.1 Å². The summed E-state index contributed by atoms with van der Waals surface area (Å²) in [6.45, 7) is 1.68. The van der Waals surface area contributed by atoms with Crippen molar-refractivity contribution in [1.82, 2.24) is 29.6 Å². The zero-order valence-corrected chi connectivity index (χ0v) is 19.6. The maximum atomic E-state index is 13.2. The number of rotatable bonds is 8. The van der Waals surface area contributed by atoms with E-state index in [-0.39, 0.29) is 17.4 Å². The standard InChI is InChI=1S/C21H23ClN6O4S/c1-13(12-24-33(31,32)16-7-8-16)25-20(29)17-11-18(14-3-5-15(22)6-4-14)26-28(21(17)30)19-9-10-23-27(19)2/h3-6,9-11,13,16,24H,7-8,12H2,1-2H3,(H,25,29). The van der Waals surface area contributed by atoms with Crippen molar-refractivity contribution in [2.24, 2.45) is 7.05 Å². The fourth-order valence-electron chi connectivity index (χ4n) is 3.24. The van der Waals surface area contributed by atoms with E-state index in [0.29, 0.717) is 34.9 Å². The van der Waals surface area contributed by atoms with Gasteiger partial charge >= 0.3 is 0 Å². The van der Waals surface area contributed by atoms with E-state index in [0.717, 1.165) is 4.68 Å². The van der Waals surface area contributed by atoms with Crippen LogP contribution in [0.3, 0.4) is 0 Å². The van der Waals surface area contributed by atoms with Crippen LogP contribution in [0.5, 0.6) is 0 Å². The van der Waals surface area contributed by atoms with Crippen LogP contribution in [0.25, 0.3) is 17.1 Å². The Morgan fingerprint density at radius 2 is 1.94 bits per heavy atom. The van der Waals surface area contributed by atoms with Crippen molar-refractivity contribution in [2.45, 2.75) is 31.1 Å². The van der Waals surface area contributed by atoms with E-state index in [1.807, 2.05) is 0 Å². The third kappa shape index (κ3) is 5.15. The molecule has 0 saturated heterocycles. The molecular weight excluding hydrogens is 468 g/mol. The Labute approximate surface area is 195 Å². The van der Waals surface area contributed by atoms with E-state index >= 15 is 0 Å². The molecule has 12 heteroatoms. The summed E-state index contributed by atoms with van der Waals surface area (Å²) in [5.41, 5.74) is 0.293. The molecule has 0 spiro atoms. The minimum Gasteiger partial charge on any atom is -0.348 e. The van der Waals surface area contributed by atoms with Gasteiger partial charge in [0.05, 0.1) is 17.1 Å². The van der Waals surface area contributed by atoms with Gasteiger partial charge in [0.15, 0.2) is 5.82 Å². The molecule has 3 aromatic rings. The lowest BCUT2D eigenvalue weighted by atomic mass is 10.1. The SMILES string of the molecule is CC(CNS(=O)(=O)C1CC1)NC(=O)c1cc(-c2ccc(Cl)cc2)nn(-c2ccnn2C)c1=O. The highest BCUT2D eigenvalue weighted by Gasteiger charge is 2.35. The van der Waals surface area contributed by atoms with E-state index in [9.17, 15) is 18.0 Å². The Balaban J connectivity index is 1.65. The first-order valence-corrected chi connectivity index (χ1v) is 12.3.